The van der Waals surface area contributed by atoms with Gasteiger partial charge >= 0.3 is 6.18 Å². The average Bonchev–Trinajstić information content (AvgIpc) is 3.05. The lowest BCUT2D eigenvalue weighted by atomic mass is 9.97. The number of nitrogens with zero attached hydrogens (tertiary/aromatic N) is 3. The number of allylic oxidation sites excluding steroid dienone is 1. The minimum Gasteiger partial charge on any atom is -0.404 e. The molecule has 1 amide bonds. The second-order valence-electron chi connectivity index (χ2n) is 11.4. The summed E-state index contributed by atoms with van der Waals surface area (Å²) in [7, 11) is 2.03. The highest BCUT2D eigenvalue weighted by molar-refractivity contribution is 6.11. The lowest BCUT2D eigenvalue weighted by Crippen LogP contribution is -2.43. The van der Waals surface area contributed by atoms with Crippen LogP contribution in [0.15, 0.2) is 90.0 Å². The molecular weight excluding hydrogens is 593 g/mol. The van der Waals surface area contributed by atoms with Crippen molar-refractivity contribution in [2.75, 3.05) is 20.1 Å². The maximum Gasteiger partial charge on any atom is 0.417 e. The van der Waals surface area contributed by atoms with Gasteiger partial charge in [0, 0.05) is 58.3 Å². The predicted octanol–water partition coefficient (Wildman–Crippen LogP) is 6.00. The van der Waals surface area contributed by atoms with Gasteiger partial charge in [0.15, 0.2) is 0 Å². The largest absolute Gasteiger partial charge is 0.417 e. The van der Waals surface area contributed by atoms with Crippen LogP contribution >= 0.6 is 0 Å². The van der Waals surface area contributed by atoms with Crippen molar-refractivity contribution in [3.8, 4) is 16.8 Å². The van der Waals surface area contributed by atoms with E-state index < -0.39 is 17.3 Å². The summed E-state index contributed by atoms with van der Waals surface area (Å²) in [5.41, 5.74) is 6.76. The van der Waals surface area contributed by atoms with E-state index >= 15 is 0 Å². The fourth-order valence-electron chi connectivity index (χ4n) is 5.96. The Balaban J connectivity index is 1.42. The SMILES string of the molecule is CN1CCC(NC(=O)c2ccc(-c3ccc(-n4c(=O)ccc5cnc6ccc(/C(C=N)=C/N)cc6c54)cc3C(F)(F)F)cc2)CC1. The van der Waals surface area contributed by atoms with Crippen molar-refractivity contribution in [1.82, 2.24) is 19.8 Å². The van der Waals surface area contributed by atoms with Gasteiger partial charge in [-0.1, -0.05) is 24.3 Å². The number of rotatable bonds is 6. The molecule has 5 aromatic rings. The maximum atomic E-state index is 14.6. The highest BCUT2D eigenvalue weighted by atomic mass is 19.4. The third kappa shape index (κ3) is 5.89. The number of hydrogen-bond acceptors (Lipinski definition) is 6. The highest BCUT2D eigenvalue weighted by Gasteiger charge is 2.34. The second kappa shape index (κ2) is 12.2. The highest BCUT2D eigenvalue weighted by Crippen LogP contribution is 2.39. The Bertz CT molecular complexity index is 2060. The standard InChI is InChI=1S/C35H31F3N6O2/c1-43-14-12-26(13-15-43)42-34(46)22-4-2-21(3-5-22)28-9-8-27(17-30(28)35(36,37)38)44-32(45)11-7-24-20-41-31-10-6-23(25(18-39)19-40)16-29(31)33(24)44/h2-11,16-20,26,39H,12-15,40H2,1H3,(H,42,46)/b25-19+,39-18?. The van der Waals surface area contributed by atoms with Gasteiger partial charge in [-0.2, -0.15) is 13.2 Å². The third-order valence-corrected chi connectivity index (χ3v) is 8.46. The number of aromatic nitrogens is 2. The van der Waals surface area contributed by atoms with E-state index in [1.54, 1.807) is 30.5 Å². The first-order valence-corrected chi connectivity index (χ1v) is 14.8. The van der Waals surface area contributed by atoms with E-state index in [-0.39, 0.29) is 28.8 Å². The van der Waals surface area contributed by atoms with Crippen molar-refractivity contribution in [2.45, 2.75) is 25.1 Å². The first kappa shape index (κ1) is 30.7. The molecule has 6 rings (SSSR count). The molecule has 0 spiro atoms. The quantitative estimate of drug-likeness (QED) is 0.158. The summed E-state index contributed by atoms with van der Waals surface area (Å²) in [5, 5.41) is 11.8. The minimum atomic E-state index is -4.74. The van der Waals surface area contributed by atoms with Gasteiger partial charge in [-0.15, -0.1) is 0 Å². The molecule has 8 nitrogen and oxygen atoms in total. The van der Waals surface area contributed by atoms with Crippen molar-refractivity contribution in [3.63, 3.8) is 0 Å². The summed E-state index contributed by atoms with van der Waals surface area (Å²) < 4.78 is 45.1. The molecule has 46 heavy (non-hydrogen) atoms. The third-order valence-electron chi connectivity index (χ3n) is 8.46. The van der Waals surface area contributed by atoms with E-state index in [0.717, 1.165) is 38.2 Å². The number of alkyl halides is 3. The summed E-state index contributed by atoms with van der Waals surface area (Å²) >= 11 is 0. The summed E-state index contributed by atoms with van der Waals surface area (Å²) in [4.78, 5) is 32.8. The van der Waals surface area contributed by atoms with Crippen LogP contribution in [-0.2, 0) is 6.18 Å². The summed E-state index contributed by atoms with van der Waals surface area (Å²) in [6, 6.07) is 17.9. The minimum absolute atomic E-state index is 0.0281. The van der Waals surface area contributed by atoms with Crippen LogP contribution in [0.2, 0.25) is 0 Å². The van der Waals surface area contributed by atoms with Crippen LogP contribution in [0.3, 0.4) is 0 Å². The first-order chi connectivity index (χ1) is 22.1. The lowest BCUT2D eigenvalue weighted by Gasteiger charge is -2.29. The van der Waals surface area contributed by atoms with Gasteiger partial charge in [-0.3, -0.25) is 19.1 Å². The Labute approximate surface area is 262 Å². The zero-order valence-corrected chi connectivity index (χ0v) is 24.9. The summed E-state index contributed by atoms with van der Waals surface area (Å²) in [5.74, 6) is -0.262. The second-order valence-corrected chi connectivity index (χ2v) is 11.4. The summed E-state index contributed by atoms with van der Waals surface area (Å²) in [6.07, 6.45) is 0.867. The monoisotopic (exact) mass is 624 g/mol. The number of hydrogen-bond donors (Lipinski definition) is 3. The summed E-state index contributed by atoms with van der Waals surface area (Å²) in [6.45, 7) is 1.77. The van der Waals surface area contributed by atoms with Gasteiger partial charge in [-0.25, -0.2) is 0 Å². The number of fused-ring (bicyclic) bond motifs is 3. The Hall–Kier alpha value is -5.29. The van der Waals surface area contributed by atoms with E-state index in [4.69, 9.17) is 11.1 Å². The molecule has 3 aromatic carbocycles. The van der Waals surface area contributed by atoms with Gasteiger partial charge in [0.1, 0.15) is 0 Å². The van der Waals surface area contributed by atoms with Crippen molar-refractivity contribution in [1.29, 1.82) is 5.41 Å². The van der Waals surface area contributed by atoms with E-state index in [2.05, 4.69) is 15.2 Å². The molecular formula is C35H31F3N6O2. The van der Waals surface area contributed by atoms with Gasteiger partial charge in [0.2, 0.25) is 0 Å². The number of amides is 1. The molecule has 0 unspecified atom stereocenters. The van der Waals surface area contributed by atoms with Crippen LogP contribution in [0.4, 0.5) is 13.2 Å². The zero-order valence-electron chi connectivity index (χ0n) is 24.9. The molecule has 0 saturated carbocycles. The zero-order chi connectivity index (χ0) is 32.6. The van der Waals surface area contributed by atoms with Crippen molar-refractivity contribution >= 4 is 39.5 Å². The molecule has 3 heterocycles. The van der Waals surface area contributed by atoms with E-state index in [0.29, 0.717) is 38.5 Å². The Morgan fingerprint density at radius 1 is 1.00 bits per heavy atom. The number of likely N-dealkylation sites (tertiary alicyclic amines) is 1. The number of nitrogens with two attached hydrogens (primary N) is 1. The topological polar surface area (TPSA) is 117 Å². The molecule has 11 heteroatoms. The van der Waals surface area contributed by atoms with Crippen LogP contribution in [0.5, 0.6) is 0 Å². The molecule has 2 aromatic heterocycles. The van der Waals surface area contributed by atoms with Crippen LogP contribution in [0, 0.1) is 5.41 Å². The number of carbonyl (C=O) groups is 1. The number of carbonyl (C=O) groups excluding carboxylic acids is 1. The number of halogens is 3. The van der Waals surface area contributed by atoms with Crippen LogP contribution < -0.4 is 16.6 Å². The Kier molecular flexibility index (Phi) is 8.18. The van der Waals surface area contributed by atoms with E-state index in [9.17, 15) is 22.8 Å². The van der Waals surface area contributed by atoms with Gasteiger partial charge in [0.25, 0.3) is 11.5 Å². The van der Waals surface area contributed by atoms with Crippen molar-refractivity contribution < 1.29 is 18.0 Å². The van der Waals surface area contributed by atoms with Crippen LogP contribution in [-0.4, -0.2) is 52.8 Å². The Morgan fingerprint density at radius 3 is 2.39 bits per heavy atom. The molecule has 1 saturated heterocycles. The number of nitrogens with one attached hydrogen (secondary N) is 2. The predicted molar refractivity (Wildman–Crippen MR) is 174 cm³/mol. The molecule has 1 aliphatic heterocycles. The van der Waals surface area contributed by atoms with Crippen LogP contribution in [0.1, 0.15) is 34.3 Å². The fraction of sp³-hybridized carbons (Fsp3) is 0.200. The average molecular weight is 625 g/mol. The van der Waals surface area contributed by atoms with Gasteiger partial charge in [0.05, 0.1) is 16.6 Å². The number of piperidine rings is 1. The normalized spacial score (nSPS) is 14.9. The fourth-order valence-corrected chi connectivity index (χ4v) is 5.96. The molecule has 0 bridgehead atoms. The molecule has 0 atom stereocenters. The molecule has 234 valence electrons. The van der Waals surface area contributed by atoms with Crippen molar-refractivity contribution in [3.05, 3.63) is 112 Å². The molecule has 4 N–H and O–H groups in total. The number of benzene rings is 3. The maximum absolute atomic E-state index is 14.6. The smallest absolute Gasteiger partial charge is 0.404 e. The lowest BCUT2D eigenvalue weighted by molar-refractivity contribution is -0.137. The molecule has 1 fully saturated rings. The number of pyridine rings is 2. The van der Waals surface area contributed by atoms with Crippen molar-refractivity contribution in [2.24, 2.45) is 5.73 Å². The Morgan fingerprint density at radius 2 is 1.72 bits per heavy atom. The van der Waals surface area contributed by atoms with E-state index in [1.807, 2.05) is 7.05 Å². The molecule has 0 radical (unpaired) electrons. The molecule has 1 aliphatic rings. The van der Waals surface area contributed by atoms with Gasteiger partial charge < -0.3 is 21.4 Å². The van der Waals surface area contributed by atoms with Gasteiger partial charge in [-0.05, 0) is 92.1 Å². The van der Waals surface area contributed by atoms with E-state index in [1.165, 1.54) is 53.2 Å². The van der Waals surface area contributed by atoms with Crippen LogP contribution in [0.25, 0.3) is 44.2 Å². The molecule has 0 aliphatic carbocycles. The first-order valence-electron chi connectivity index (χ1n) is 14.8.